The maximum atomic E-state index is 9.08. The zero-order valence-electron chi connectivity index (χ0n) is 8.66. The van der Waals surface area contributed by atoms with Crippen LogP contribution in [0.25, 0.3) is 0 Å². The van der Waals surface area contributed by atoms with E-state index in [4.69, 9.17) is 10.8 Å². The Morgan fingerprint density at radius 1 is 1.29 bits per heavy atom. The summed E-state index contributed by atoms with van der Waals surface area (Å²) >= 11 is 1.81. The molecule has 0 bridgehead atoms. The molecule has 0 aromatic heterocycles. The van der Waals surface area contributed by atoms with Crippen molar-refractivity contribution in [2.75, 3.05) is 5.75 Å². The van der Waals surface area contributed by atoms with Crippen molar-refractivity contribution >= 4 is 11.8 Å². The lowest BCUT2D eigenvalue weighted by atomic mass is 10.1. The first-order valence-corrected chi connectivity index (χ1v) is 5.77. The number of phenolic OH excluding ortho intramolecular Hbond substituents is 1. The second kappa shape index (κ2) is 4.71. The summed E-state index contributed by atoms with van der Waals surface area (Å²) in [6.45, 7) is 4.05. The highest BCUT2D eigenvalue weighted by Gasteiger charge is 2.09. The van der Waals surface area contributed by atoms with Crippen molar-refractivity contribution in [2.45, 2.75) is 25.1 Å². The fourth-order valence-corrected chi connectivity index (χ4v) is 2.08. The second-order valence-electron chi connectivity index (χ2n) is 4.15. The van der Waals surface area contributed by atoms with Crippen LogP contribution in [-0.2, 0) is 5.75 Å². The van der Waals surface area contributed by atoms with Crippen molar-refractivity contribution in [3.63, 3.8) is 0 Å². The fraction of sp³-hybridized carbons (Fsp3) is 0.455. The highest BCUT2D eigenvalue weighted by Crippen LogP contribution is 2.18. The van der Waals surface area contributed by atoms with Crippen LogP contribution in [-0.4, -0.2) is 16.4 Å². The average molecular weight is 211 g/mol. The topological polar surface area (TPSA) is 46.2 Å². The monoisotopic (exact) mass is 211 g/mol. The van der Waals surface area contributed by atoms with Gasteiger partial charge in [0, 0.05) is 17.0 Å². The highest BCUT2D eigenvalue weighted by atomic mass is 32.2. The Morgan fingerprint density at radius 3 is 2.36 bits per heavy atom. The Labute approximate surface area is 89.5 Å². The van der Waals surface area contributed by atoms with Crippen molar-refractivity contribution in [3.8, 4) is 5.75 Å². The van der Waals surface area contributed by atoms with Crippen LogP contribution in [0.1, 0.15) is 19.4 Å². The summed E-state index contributed by atoms with van der Waals surface area (Å²) in [7, 11) is 0. The Bertz CT molecular complexity index is 276. The smallest absolute Gasteiger partial charge is 0.115 e. The van der Waals surface area contributed by atoms with Crippen molar-refractivity contribution in [3.05, 3.63) is 29.8 Å². The zero-order chi connectivity index (χ0) is 10.6. The van der Waals surface area contributed by atoms with Gasteiger partial charge in [-0.05, 0) is 31.5 Å². The SMILES string of the molecule is CC(C)(N)CSCc1ccc(O)cc1. The van der Waals surface area contributed by atoms with Gasteiger partial charge in [-0.15, -0.1) is 0 Å². The summed E-state index contributed by atoms with van der Waals surface area (Å²) in [5.41, 5.74) is 6.97. The van der Waals surface area contributed by atoms with Gasteiger partial charge in [-0.3, -0.25) is 0 Å². The van der Waals surface area contributed by atoms with Gasteiger partial charge in [-0.2, -0.15) is 11.8 Å². The van der Waals surface area contributed by atoms with Gasteiger partial charge in [0.15, 0.2) is 0 Å². The maximum Gasteiger partial charge on any atom is 0.115 e. The van der Waals surface area contributed by atoms with Crippen LogP contribution in [0.5, 0.6) is 5.75 Å². The van der Waals surface area contributed by atoms with E-state index < -0.39 is 0 Å². The molecule has 0 aliphatic heterocycles. The Hall–Kier alpha value is -0.670. The molecule has 0 heterocycles. The standard InChI is InChI=1S/C11H17NOS/c1-11(2,12)8-14-7-9-3-5-10(13)6-4-9/h3-6,13H,7-8,12H2,1-2H3. The fourth-order valence-electron chi connectivity index (χ4n) is 1.02. The third-order valence-electron chi connectivity index (χ3n) is 1.68. The summed E-state index contributed by atoms with van der Waals surface area (Å²) in [6.07, 6.45) is 0. The number of benzene rings is 1. The third-order valence-corrected chi connectivity index (χ3v) is 3.16. The lowest BCUT2D eigenvalue weighted by Crippen LogP contribution is -2.34. The molecular weight excluding hydrogens is 194 g/mol. The van der Waals surface area contributed by atoms with Crippen LogP contribution < -0.4 is 5.73 Å². The molecule has 2 nitrogen and oxygen atoms in total. The second-order valence-corrected chi connectivity index (χ2v) is 5.13. The van der Waals surface area contributed by atoms with Gasteiger partial charge in [0.25, 0.3) is 0 Å². The quantitative estimate of drug-likeness (QED) is 0.803. The van der Waals surface area contributed by atoms with Crippen LogP contribution in [0.2, 0.25) is 0 Å². The molecule has 1 rings (SSSR count). The molecule has 0 atom stereocenters. The minimum Gasteiger partial charge on any atom is -0.508 e. The van der Waals surface area contributed by atoms with E-state index in [-0.39, 0.29) is 5.54 Å². The predicted molar refractivity (Wildman–Crippen MR) is 62.5 cm³/mol. The van der Waals surface area contributed by atoms with Gasteiger partial charge in [0.05, 0.1) is 0 Å². The highest BCUT2D eigenvalue weighted by molar-refractivity contribution is 7.98. The number of hydrogen-bond acceptors (Lipinski definition) is 3. The van der Waals surface area contributed by atoms with Crippen molar-refractivity contribution in [2.24, 2.45) is 5.73 Å². The van der Waals surface area contributed by atoms with Crippen LogP contribution in [0.4, 0.5) is 0 Å². The molecule has 0 saturated heterocycles. The predicted octanol–water partition coefficient (Wildman–Crippen LogP) is 2.36. The van der Waals surface area contributed by atoms with Crippen LogP contribution >= 0.6 is 11.8 Å². The molecule has 1 aromatic carbocycles. The maximum absolute atomic E-state index is 9.08. The van der Waals surface area contributed by atoms with Crippen molar-refractivity contribution in [1.82, 2.24) is 0 Å². The summed E-state index contributed by atoms with van der Waals surface area (Å²) in [6, 6.07) is 7.30. The van der Waals surface area contributed by atoms with Gasteiger partial charge in [-0.1, -0.05) is 12.1 Å². The zero-order valence-corrected chi connectivity index (χ0v) is 9.47. The van der Waals surface area contributed by atoms with E-state index in [0.29, 0.717) is 5.75 Å². The molecule has 3 heteroatoms. The Morgan fingerprint density at radius 2 is 1.86 bits per heavy atom. The number of nitrogens with two attached hydrogens (primary N) is 1. The van der Waals surface area contributed by atoms with E-state index in [9.17, 15) is 0 Å². The number of rotatable bonds is 4. The van der Waals surface area contributed by atoms with E-state index in [2.05, 4.69) is 0 Å². The molecule has 0 radical (unpaired) electrons. The number of aromatic hydroxyl groups is 1. The normalized spacial score (nSPS) is 11.6. The summed E-state index contributed by atoms with van der Waals surface area (Å²) in [5, 5.41) is 9.08. The molecule has 1 aromatic rings. The summed E-state index contributed by atoms with van der Waals surface area (Å²) in [5.74, 6) is 2.20. The molecule has 78 valence electrons. The first-order valence-electron chi connectivity index (χ1n) is 4.62. The van der Waals surface area contributed by atoms with Gasteiger partial charge in [0.2, 0.25) is 0 Å². The molecule has 0 aliphatic carbocycles. The molecule has 14 heavy (non-hydrogen) atoms. The van der Waals surface area contributed by atoms with Crippen molar-refractivity contribution in [1.29, 1.82) is 0 Å². The molecule has 0 fully saturated rings. The van der Waals surface area contributed by atoms with Gasteiger partial charge >= 0.3 is 0 Å². The van der Waals surface area contributed by atoms with E-state index in [1.807, 2.05) is 37.7 Å². The van der Waals surface area contributed by atoms with Crippen LogP contribution in [0.3, 0.4) is 0 Å². The van der Waals surface area contributed by atoms with Gasteiger partial charge < -0.3 is 10.8 Å². The molecule has 0 spiro atoms. The van der Waals surface area contributed by atoms with E-state index in [1.54, 1.807) is 12.1 Å². The first-order chi connectivity index (χ1) is 6.47. The Balaban J connectivity index is 2.35. The van der Waals surface area contributed by atoms with Crippen LogP contribution in [0.15, 0.2) is 24.3 Å². The van der Waals surface area contributed by atoms with E-state index >= 15 is 0 Å². The van der Waals surface area contributed by atoms with Gasteiger partial charge in [0.1, 0.15) is 5.75 Å². The molecule has 0 aliphatic rings. The van der Waals surface area contributed by atoms with Gasteiger partial charge in [-0.25, -0.2) is 0 Å². The number of phenols is 1. The summed E-state index contributed by atoms with van der Waals surface area (Å²) < 4.78 is 0. The lowest BCUT2D eigenvalue weighted by Gasteiger charge is -2.17. The Kier molecular flexibility index (Phi) is 3.84. The first kappa shape index (κ1) is 11.4. The van der Waals surface area contributed by atoms with Crippen LogP contribution in [0, 0.1) is 0 Å². The average Bonchev–Trinajstić information content (AvgIpc) is 2.06. The minimum absolute atomic E-state index is 0.110. The molecule has 0 amide bonds. The molecular formula is C11H17NOS. The molecule has 3 N–H and O–H groups in total. The third kappa shape index (κ3) is 4.53. The minimum atomic E-state index is -0.110. The summed E-state index contributed by atoms with van der Waals surface area (Å²) in [4.78, 5) is 0. The lowest BCUT2D eigenvalue weighted by molar-refractivity contribution is 0.475. The number of hydrogen-bond donors (Lipinski definition) is 2. The molecule has 0 unspecified atom stereocenters. The van der Waals surface area contributed by atoms with E-state index in [0.717, 1.165) is 11.5 Å². The van der Waals surface area contributed by atoms with E-state index in [1.165, 1.54) is 5.56 Å². The largest absolute Gasteiger partial charge is 0.508 e. The molecule has 0 saturated carbocycles. The number of thioether (sulfide) groups is 1. The van der Waals surface area contributed by atoms with Crippen molar-refractivity contribution < 1.29 is 5.11 Å².